The van der Waals surface area contributed by atoms with Gasteiger partial charge in [-0.05, 0) is 50.2 Å². The van der Waals surface area contributed by atoms with E-state index in [0.717, 1.165) is 0 Å². The van der Waals surface area contributed by atoms with E-state index in [4.69, 9.17) is 35.1 Å². The van der Waals surface area contributed by atoms with Gasteiger partial charge in [-0.15, -0.1) is 0 Å². The molecule has 3 aromatic carbocycles. The molecule has 0 aliphatic heterocycles. The van der Waals surface area contributed by atoms with Crippen molar-refractivity contribution in [2.24, 2.45) is 0 Å². The van der Waals surface area contributed by atoms with Crippen LogP contribution in [0.5, 0.6) is 23.0 Å². The van der Waals surface area contributed by atoms with Gasteiger partial charge >= 0.3 is 0 Å². The number of hydrogen-bond acceptors (Lipinski definition) is 9. The summed E-state index contributed by atoms with van der Waals surface area (Å²) >= 11 is 6.00. The molecular weight excluding hydrogens is 570 g/mol. The number of benzene rings is 3. The highest BCUT2D eigenvalue weighted by Gasteiger charge is 2.45. The number of aromatic nitrogens is 2. The lowest BCUT2D eigenvalue weighted by Gasteiger charge is -2.31. The van der Waals surface area contributed by atoms with Crippen LogP contribution in [-0.4, -0.2) is 51.3 Å². The van der Waals surface area contributed by atoms with Crippen molar-refractivity contribution >= 4 is 21.6 Å². The zero-order chi connectivity index (χ0) is 29.8. The second-order valence-electron chi connectivity index (χ2n) is 9.57. The number of hydrogen-bond donors (Lipinski definition) is 0. The highest BCUT2D eigenvalue weighted by Crippen LogP contribution is 2.37. The van der Waals surface area contributed by atoms with Crippen LogP contribution in [0.4, 0.5) is 0 Å². The maximum absolute atomic E-state index is 14.5. The molecule has 0 spiro atoms. The van der Waals surface area contributed by atoms with Crippen molar-refractivity contribution in [2.75, 3.05) is 28.4 Å². The molecule has 0 bridgehead atoms. The van der Waals surface area contributed by atoms with Gasteiger partial charge in [-0.3, -0.25) is 0 Å². The minimum absolute atomic E-state index is 0.0100. The average molecular weight is 602 g/mol. The Morgan fingerprint density at radius 2 is 1.32 bits per heavy atom. The Morgan fingerprint density at radius 1 is 0.805 bits per heavy atom. The Morgan fingerprint density at radius 3 is 1.78 bits per heavy atom. The summed E-state index contributed by atoms with van der Waals surface area (Å²) in [6.45, 7) is 3.05. The number of ether oxygens (including phenoxy) is 4. The van der Waals surface area contributed by atoms with E-state index >= 15 is 0 Å². The summed E-state index contributed by atoms with van der Waals surface area (Å²) in [4.78, 5) is 4.45. The second-order valence-corrected chi connectivity index (χ2v) is 12.5. The van der Waals surface area contributed by atoms with E-state index in [1.54, 1.807) is 88.7 Å². The van der Waals surface area contributed by atoms with Crippen LogP contribution in [0.1, 0.15) is 30.8 Å². The van der Waals surface area contributed by atoms with Crippen LogP contribution in [0, 0.1) is 0 Å². The van der Waals surface area contributed by atoms with Crippen molar-refractivity contribution in [1.29, 1.82) is 0 Å². The summed E-state index contributed by atoms with van der Waals surface area (Å²) in [5.41, 5.74) is 1.88. The lowest BCUT2D eigenvalue weighted by molar-refractivity contribution is 0.346. The average Bonchev–Trinajstić information content (AvgIpc) is 3.48. The molecule has 0 aliphatic rings. The molecule has 10 nitrogen and oxygen atoms in total. The van der Waals surface area contributed by atoms with Crippen molar-refractivity contribution in [1.82, 2.24) is 14.4 Å². The first-order valence-corrected chi connectivity index (χ1v) is 14.4. The van der Waals surface area contributed by atoms with Gasteiger partial charge in [0.2, 0.25) is 10.0 Å². The molecular formula is C29H32ClN3O7S. The zero-order valence-electron chi connectivity index (χ0n) is 23.7. The highest BCUT2D eigenvalue weighted by atomic mass is 35.5. The lowest BCUT2D eigenvalue weighted by Crippen LogP contribution is -2.43. The Hall–Kier alpha value is -3.80. The summed E-state index contributed by atoms with van der Waals surface area (Å²) in [6.07, 6.45) is 0. The summed E-state index contributed by atoms with van der Waals surface area (Å²) in [5.74, 6) is 2.32. The molecule has 1 heterocycles. The first-order chi connectivity index (χ1) is 19.5. The van der Waals surface area contributed by atoms with E-state index in [-0.39, 0.29) is 24.8 Å². The SMILES string of the molecule is COc1ccc(CN(Cc2ccc(OC)cc2OC)S(=O)(=O)C(C)(C)c2noc(-c3ccc(Cl)cc3)n2)c(OC)c1. The van der Waals surface area contributed by atoms with Gasteiger partial charge in [0.1, 0.15) is 27.7 Å². The molecule has 218 valence electrons. The number of nitrogens with zero attached hydrogens (tertiary/aromatic N) is 3. The molecule has 0 saturated heterocycles. The normalized spacial score (nSPS) is 11.9. The second kappa shape index (κ2) is 12.4. The van der Waals surface area contributed by atoms with Crippen LogP contribution in [-0.2, 0) is 27.9 Å². The van der Waals surface area contributed by atoms with Gasteiger partial charge in [-0.25, -0.2) is 8.42 Å². The van der Waals surface area contributed by atoms with E-state index in [2.05, 4.69) is 10.1 Å². The van der Waals surface area contributed by atoms with Crippen molar-refractivity contribution in [3.63, 3.8) is 0 Å². The van der Waals surface area contributed by atoms with Gasteiger partial charge in [-0.2, -0.15) is 9.29 Å². The quantitative estimate of drug-likeness (QED) is 0.202. The molecule has 0 unspecified atom stereocenters. The molecule has 0 fully saturated rings. The summed E-state index contributed by atoms with van der Waals surface area (Å²) < 4.78 is 55.9. The Balaban J connectivity index is 1.77. The van der Waals surface area contributed by atoms with E-state index in [1.807, 2.05) is 0 Å². The number of halogens is 1. The fourth-order valence-corrected chi connectivity index (χ4v) is 5.89. The maximum Gasteiger partial charge on any atom is 0.257 e. The molecule has 0 aliphatic carbocycles. The predicted molar refractivity (Wildman–Crippen MR) is 155 cm³/mol. The fraction of sp³-hybridized carbons (Fsp3) is 0.310. The van der Waals surface area contributed by atoms with Crippen molar-refractivity contribution < 1.29 is 31.9 Å². The maximum atomic E-state index is 14.5. The van der Waals surface area contributed by atoms with Gasteiger partial charge in [0.15, 0.2) is 5.82 Å². The fourth-order valence-electron chi connectivity index (χ4n) is 4.19. The number of rotatable bonds is 12. The molecule has 0 amide bonds. The first-order valence-electron chi connectivity index (χ1n) is 12.6. The zero-order valence-corrected chi connectivity index (χ0v) is 25.2. The molecule has 0 atom stereocenters. The van der Waals surface area contributed by atoms with Crippen molar-refractivity contribution in [2.45, 2.75) is 31.7 Å². The van der Waals surface area contributed by atoms with E-state index in [0.29, 0.717) is 44.7 Å². The molecule has 0 saturated carbocycles. The Labute approximate surface area is 244 Å². The molecule has 4 rings (SSSR count). The monoisotopic (exact) mass is 601 g/mol. The summed E-state index contributed by atoms with van der Waals surface area (Å²) in [7, 11) is 1.98. The molecule has 12 heteroatoms. The van der Waals surface area contributed by atoms with Crippen LogP contribution < -0.4 is 18.9 Å². The predicted octanol–water partition coefficient (Wildman–Crippen LogP) is 5.69. The van der Waals surface area contributed by atoms with Gasteiger partial charge in [-0.1, -0.05) is 28.9 Å². The van der Waals surface area contributed by atoms with Crippen LogP contribution >= 0.6 is 11.6 Å². The van der Waals surface area contributed by atoms with Crippen LogP contribution in [0.15, 0.2) is 65.2 Å². The molecule has 0 N–H and O–H groups in total. The van der Waals surface area contributed by atoms with Gasteiger partial charge in [0, 0.05) is 46.9 Å². The highest BCUT2D eigenvalue weighted by molar-refractivity contribution is 7.90. The molecule has 4 aromatic rings. The largest absolute Gasteiger partial charge is 0.497 e. The van der Waals surface area contributed by atoms with Crippen LogP contribution in [0.25, 0.3) is 11.5 Å². The van der Waals surface area contributed by atoms with Gasteiger partial charge < -0.3 is 23.5 Å². The first kappa shape index (κ1) is 30.2. The molecule has 1 aromatic heterocycles. The van der Waals surface area contributed by atoms with E-state index in [9.17, 15) is 8.42 Å². The summed E-state index contributed by atoms with van der Waals surface area (Å²) in [6, 6.07) is 17.3. The van der Waals surface area contributed by atoms with Crippen molar-refractivity contribution in [3.05, 3.63) is 82.6 Å². The molecule has 41 heavy (non-hydrogen) atoms. The van der Waals surface area contributed by atoms with E-state index < -0.39 is 14.8 Å². The van der Waals surface area contributed by atoms with Gasteiger partial charge in [0.05, 0.1) is 28.4 Å². The third kappa shape index (κ3) is 6.27. The van der Waals surface area contributed by atoms with Crippen LogP contribution in [0.2, 0.25) is 5.02 Å². The Bertz CT molecular complexity index is 1550. The summed E-state index contributed by atoms with van der Waals surface area (Å²) in [5, 5.41) is 4.61. The Kier molecular flexibility index (Phi) is 9.11. The topological polar surface area (TPSA) is 113 Å². The lowest BCUT2D eigenvalue weighted by atomic mass is 10.1. The van der Waals surface area contributed by atoms with Gasteiger partial charge in [0.25, 0.3) is 5.89 Å². The number of methoxy groups -OCH3 is 4. The minimum Gasteiger partial charge on any atom is -0.497 e. The standard InChI is InChI=1S/C29H32ClN3O7S/c1-29(2,28-31-27(40-32-28)19-7-11-22(30)12-8-19)41(34,35)33(17-20-9-13-23(36-3)15-25(20)38-5)18-21-10-14-24(37-4)16-26(21)39-6/h7-16H,17-18H2,1-6H3. The number of sulfonamides is 1. The van der Waals surface area contributed by atoms with Crippen molar-refractivity contribution in [3.8, 4) is 34.5 Å². The third-order valence-electron chi connectivity index (χ3n) is 6.72. The third-order valence-corrected chi connectivity index (χ3v) is 9.38. The minimum atomic E-state index is -4.15. The smallest absolute Gasteiger partial charge is 0.257 e. The van der Waals surface area contributed by atoms with E-state index in [1.165, 1.54) is 18.5 Å². The van der Waals surface area contributed by atoms with Crippen LogP contribution in [0.3, 0.4) is 0 Å². The molecule has 0 radical (unpaired) electrons.